The van der Waals surface area contributed by atoms with E-state index in [2.05, 4.69) is 70.8 Å². The fraction of sp³-hybridized carbons (Fsp3) is 0.434. The number of thioether (sulfide) groups is 2. The van der Waals surface area contributed by atoms with E-state index in [1.807, 2.05) is 48.9 Å². The lowest BCUT2D eigenvalue weighted by Crippen LogP contribution is -2.49. The number of nitrogens with one attached hydrogen (secondary N) is 4. The largest absolute Gasteiger partial charge is 0.453 e. The molecule has 8 rings (SSSR count). The van der Waals surface area contributed by atoms with E-state index in [0.717, 1.165) is 87.3 Å². The zero-order valence-electron chi connectivity index (χ0n) is 44.4. The van der Waals surface area contributed by atoms with Crippen molar-refractivity contribution in [3.8, 4) is 22.3 Å². The number of amides is 4. The first kappa shape index (κ1) is 57.0. The van der Waals surface area contributed by atoms with Gasteiger partial charge in [-0.15, -0.1) is 0 Å². The number of imidazole rings is 2. The van der Waals surface area contributed by atoms with E-state index in [-0.39, 0.29) is 26.4 Å². The number of ether oxygens (including phenoxy) is 2. The number of sulfonamides is 2. The SMILES string of the molecule is CCc1ccc(CCc2ccc(C)cc2-c2ccc3nc(C4CN(S(C)(=O)=O)CN4C(=O)C(CCSC)NC(=O)OC)[nH]c3c2)cc1-c1ccc2nc(C3CN(S(C)(=O)=O)CN3C(=O)C(CCSC)NC(=O)OC)[nH]c2c1. The molecule has 2 fully saturated rings. The van der Waals surface area contributed by atoms with Crippen molar-refractivity contribution in [2.24, 2.45) is 0 Å². The van der Waals surface area contributed by atoms with Crippen molar-refractivity contribution in [3.63, 3.8) is 0 Å². The third-order valence-electron chi connectivity index (χ3n) is 14.2. The standard InChI is InChI=1S/C53H66N10O10S4/c1-9-34-14-11-33(25-39(34)37-17-19-41-45(27-37)57-49(55-41)47-29-61(77(8,70)71)31-63(47)51(65)43(21-23-75-6)59-53(67)73-4)12-15-35-13-10-32(2)24-38(35)36-16-18-40-44(26-36)56-48(54-40)46-28-60(76(7,68)69)30-62(46)50(64)42(20-22-74-5)58-52(66)72-3/h10-11,13-14,16-19,24-27,42-43,46-47H,9,12,15,20-23,28-31H2,1-8H3,(H,54,56)(H,55,57)(H,58,66)(H,59,67). The van der Waals surface area contributed by atoms with Crippen molar-refractivity contribution in [2.45, 2.75) is 70.1 Å². The van der Waals surface area contributed by atoms with Crippen molar-refractivity contribution in [2.75, 3.05) is 77.2 Å². The molecule has 20 nitrogen and oxygen atoms in total. The summed E-state index contributed by atoms with van der Waals surface area (Å²) in [6, 6.07) is 21.6. The van der Waals surface area contributed by atoms with Gasteiger partial charge in [0.15, 0.2) is 0 Å². The van der Waals surface area contributed by atoms with E-state index in [9.17, 15) is 36.0 Å². The fourth-order valence-electron chi connectivity index (χ4n) is 9.94. The number of fused-ring (bicyclic) bond motifs is 2. The smallest absolute Gasteiger partial charge is 0.407 e. The number of hydrogen-bond donors (Lipinski definition) is 4. The Morgan fingerprint density at radius 3 is 1.57 bits per heavy atom. The molecule has 4 aromatic carbocycles. The van der Waals surface area contributed by atoms with E-state index in [1.54, 1.807) is 0 Å². The maximum atomic E-state index is 14.1. The van der Waals surface area contributed by atoms with Crippen LogP contribution in [0.2, 0.25) is 0 Å². The lowest BCUT2D eigenvalue weighted by molar-refractivity contribution is -0.135. The zero-order chi connectivity index (χ0) is 55.3. The number of aromatic amines is 2. The predicted octanol–water partition coefficient (Wildman–Crippen LogP) is 6.59. The Balaban J connectivity index is 1.04. The summed E-state index contributed by atoms with van der Waals surface area (Å²) >= 11 is 3.04. The molecule has 4 N–H and O–H groups in total. The number of methoxy groups -OCH3 is 2. The van der Waals surface area contributed by atoms with Gasteiger partial charge in [0.1, 0.15) is 35.8 Å². The second-order valence-electron chi connectivity index (χ2n) is 19.4. The van der Waals surface area contributed by atoms with Gasteiger partial charge >= 0.3 is 12.2 Å². The number of rotatable bonds is 20. The summed E-state index contributed by atoms with van der Waals surface area (Å²) in [6.45, 7) is 3.76. The van der Waals surface area contributed by atoms with Gasteiger partial charge in [0, 0.05) is 13.1 Å². The van der Waals surface area contributed by atoms with Gasteiger partial charge < -0.3 is 39.9 Å². The lowest BCUT2D eigenvalue weighted by atomic mass is 9.91. The van der Waals surface area contributed by atoms with Crippen LogP contribution in [-0.2, 0) is 58.4 Å². The average molecular weight is 1130 g/mol. The number of hydrogen-bond acceptors (Lipinski definition) is 14. The number of benzene rings is 4. The number of aryl methyl sites for hydroxylation is 4. The first-order valence-corrected chi connectivity index (χ1v) is 31.6. The fourth-order valence-corrected chi connectivity index (χ4v) is 12.4. The number of aromatic nitrogens is 4. The van der Waals surface area contributed by atoms with Crippen LogP contribution in [0.25, 0.3) is 44.3 Å². The minimum atomic E-state index is -3.69. The summed E-state index contributed by atoms with van der Waals surface area (Å²) in [6.07, 6.45) is 7.38. The second kappa shape index (κ2) is 24.2. The van der Waals surface area contributed by atoms with E-state index < -0.39 is 68.2 Å². The Morgan fingerprint density at radius 1 is 0.662 bits per heavy atom. The van der Waals surface area contributed by atoms with Crippen LogP contribution < -0.4 is 10.6 Å². The Kier molecular flexibility index (Phi) is 17.9. The molecule has 0 saturated carbocycles. The van der Waals surface area contributed by atoms with Gasteiger partial charge in [-0.3, -0.25) is 9.59 Å². The van der Waals surface area contributed by atoms with Crippen LogP contribution in [0.3, 0.4) is 0 Å². The summed E-state index contributed by atoms with van der Waals surface area (Å²) < 4.78 is 63.5. The topological polar surface area (TPSA) is 249 Å². The third kappa shape index (κ3) is 13.1. The maximum absolute atomic E-state index is 14.1. The second-order valence-corrected chi connectivity index (χ2v) is 25.3. The number of alkyl carbamates (subject to hydrolysis) is 2. The molecule has 24 heteroatoms. The van der Waals surface area contributed by atoms with E-state index in [4.69, 9.17) is 19.4 Å². The molecule has 2 aliphatic rings. The van der Waals surface area contributed by atoms with Gasteiger partial charge in [-0.25, -0.2) is 36.4 Å². The molecule has 2 aromatic heterocycles. The molecule has 0 bridgehead atoms. The highest BCUT2D eigenvalue weighted by Gasteiger charge is 2.44. The Bertz CT molecular complexity index is 3410. The minimum absolute atomic E-state index is 0.0101. The van der Waals surface area contributed by atoms with Crippen LogP contribution in [0, 0.1) is 6.92 Å². The highest BCUT2D eigenvalue weighted by Crippen LogP contribution is 2.36. The molecule has 4 amide bonds. The zero-order valence-corrected chi connectivity index (χ0v) is 47.7. The van der Waals surface area contributed by atoms with Gasteiger partial charge in [0.2, 0.25) is 31.9 Å². The summed E-state index contributed by atoms with van der Waals surface area (Å²) in [5.41, 5.74) is 11.3. The summed E-state index contributed by atoms with van der Waals surface area (Å²) in [5, 5.41) is 5.27. The first-order valence-electron chi connectivity index (χ1n) is 25.1. The predicted molar refractivity (Wildman–Crippen MR) is 301 cm³/mol. The van der Waals surface area contributed by atoms with Gasteiger partial charge in [0.05, 0.1) is 62.1 Å². The monoisotopic (exact) mass is 1130 g/mol. The van der Waals surface area contributed by atoms with Crippen LogP contribution in [0.15, 0.2) is 72.8 Å². The number of carbonyl (C=O) groups is 4. The van der Waals surface area contributed by atoms with Crippen LogP contribution in [0.4, 0.5) is 9.59 Å². The molecule has 2 aliphatic heterocycles. The number of H-pyrrole nitrogens is 2. The van der Waals surface area contributed by atoms with Crippen molar-refractivity contribution >= 4 is 89.6 Å². The molecule has 412 valence electrons. The highest BCUT2D eigenvalue weighted by atomic mass is 32.2. The van der Waals surface area contributed by atoms with E-state index in [0.29, 0.717) is 47.0 Å². The van der Waals surface area contributed by atoms with Crippen LogP contribution in [-0.4, -0.2) is 168 Å². The lowest BCUT2D eigenvalue weighted by Gasteiger charge is -2.27. The molecule has 77 heavy (non-hydrogen) atoms. The highest BCUT2D eigenvalue weighted by molar-refractivity contribution is 7.98. The Labute approximate surface area is 457 Å². The molecule has 0 radical (unpaired) electrons. The van der Waals surface area contributed by atoms with Crippen molar-refractivity contribution in [1.29, 1.82) is 0 Å². The first-order chi connectivity index (χ1) is 36.7. The van der Waals surface area contributed by atoms with Gasteiger partial charge in [-0.1, -0.05) is 61.0 Å². The third-order valence-corrected chi connectivity index (χ3v) is 17.9. The Hall–Kier alpha value is -6.18. The molecule has 6 aromatic rings. The summed E-state index contributed by atoms with van der Waals surface area (Å²) in [4.78, 5) is 72.3. The van der Waals surface area contributed by atoms with Crippen LogP contribution in [0.5, 0.6) is 0 Å². The molecule has 4 unspecified atom stereocenters. The van der Waals surface area contributed by atoms with Crippen molar-refractivity contribution in [3.05, 3.63) is 107 Å². The maximum Gasteiger partial charge on any atom is 0.407 e. The van der Waals surface area contributed by atoms with Crippen LogP contribution in [0.1, 0.15) is 65.8 Å². The molecule has 4 heterocycles. The molecule has 4 atom stereocenters. The Morgan fingerprint density at radius 2 is 1.13 bits per heavy atom. The van der Waals surface area contributed by atoms with Crippen molar-refractivity contribution < 1.29 is 45.5 Å². The molecule has 0 spiro atoms. The van der Waals surface area contributed by atoms with Crippen molar-refractivity contribution in [1.82, 2.24) is 49.0 Å². The average Bonchev–Trinajstić information content (AvgIpc) is 4.24. The normalized spacial score (nSPS) is 17.2. The molecule has 2 saturated heterocycles. The summed E-state index contributed by atoms with van der Waals surface area (Å²) in [7, 11) is -4.94. The summed E-state index contributed by atoms with van der Waals surface area (Å²) in [5.74, 6) is 1.14. The molecular formula is C53H66N10O10S4. The van der Waals surface area contributed by atoms with Crippen LogP contribution >= 0.6 is 23.5 Å². The number of nitrogens with zero attached hydrogens (tertiary/aromatic N) is 6. The van der Waals surface area contributed by atoms with Gasteiger partial charge in [-0.05, 0) is 126 Å². The minimum Gasteiger partial charge on any atom is -0.453 e. The quantitative estimate of drug-likeness (QED) is 0.0630. The van der Waals surface area contributed by atoms with Gasteiger partial charge in [0.25, 0.3) is 0 Å². The number of carbonyl (C=O) groups excluding carboxylic acids is 4. The van der Waals surface area contributed by atoms with Gasteiger partial charge in [-0.2, -0.15) is 32.1 Å². The van der Waals surface area contributed by atoms with E-state index in [1.165, 1.54) is 56.2 Å². The van der Waals surface area contributed by atoms with E-state index >= 15 is 0 Å². The molecular weight excluding hydrogens is 1060 g/mol. The molecule has 0 aliphatic carbocycles.